The lowest BCUT2D eigenvalue weighted by atomic mass is 10.2. The molecule has 0 unspecified atom stereocenters. The van der Waals surface area contributed by atoms with E-state index in [0.717, 1.165) is 0 Å². The molecule has 2 rings (SSSR count). The average molecular weight is 346 g/mol. The van der Waals surface area contributed by atoms with Crippen molar-refractivity contribution in [1.29, 1.82) is 0 Å². The van der Waals surface area contributed by atoms with E-state index in [-0.39, 0.29) is 30.7 Å². The van der Waals surface area contributed by atoms with Crippen LogP contribution in [-0.2, 0) is 16.1 Å². The van der Waals surface area contributed by atoms with Gasteiger partial charge < -0.3 is 10.6 Å². The van der Waals surface area contributed by atoms with Crippen LogP contribution in [0.15, 0.2) is 33.9 Å². The Morgan fingerprint density at radius 2 is 1.80 bits per heavy atom. The standard InChI is InChI=1S/C17H22N4O4/c1-11(2)15(23)19-9-8-18-14(22)7-10-21-13-6-4-3-5-12(13)16(24)20-17(21)25/h3-6,11H,7-10H2,1-2H3,(H,18,22)(H,19,23)(H,20,24,25). The molecule has 1 heterocycles. The van der Waals surface area contributed by atoms with Crippen molar-refractivity contribution in [2.75, 3.05) is 13.1 Å². The minimum atomic E-state index is -0.541. The second kappa shape index (κ2) is 8.27. The van der Waals surface area contributed by atoms with Crippen LogP contribution < -0.4 is 21.9 Å². The maximum Gasteiger partial charge on any atom is 0.328 e. The lowest BCUT2D eigenvalue weighted by Crippen LogP contribution is -2.37. The summed E-state index contributed by atoms with van der Waals surface area (Å²) >= 11 is 0. The number of hydrogen-bond acceptors (Lipinski definition) is 4. The van der Waals surface area contributed by atoms with Crippen molar-refractivity contribution in [3.05, 3.63) is 45.1 Å². The molecule has 0 fully saturated rings. The molecule has 0 saturated heterocycles. The van der Waals surface area contributed by atoms with Gasteiger partial charge in [-0.2, -0.15) is 0 Å². The first-order valence-electron chi connectivity index (χ1n) is 8.16. The summed E-state index contributed by atoms with van der Waals surface area (Å²) in [4.78, 5) is 49.3. The minimum absolute atomic E-state index is 0.0690. The molecular weight excluding hydrogens is 324 g/mol. The maximum absolute atomic E-state index is 12.0. The number of rotatable bonds is 7. The van der Waals surface area contributed by atoms with E-state index < -0.39 is 11.2 Å². The van der Waals surface area contributed by atoms with Crippen molar-refractivity contribution in [2.24, 2.45) is 5.92 Å². The van der Waals surface area contributed by atoms with E-state index in [4.69, 9.17) is 0 Å². The number of aryl methyl sites for hydroxylation is 1. The Hall–Kier alpha value is -2.90. The van der Waals surface area contributed by atoms with Gasteiger partial charge >= 0.3 is 5.69 Å². The molecule has 3 N–H and O–H groups in total. The van der Waals surface area contributed by atoms with Crippen LogP contribution in [0.2, 0.25) is 0 Å². The molecule has 8 nitrogen and oxygen atoms in total. The summed E-state index contributed by atoms with van der Waals surface area (Å²) in [6, 6.07) is 6.74. The summed E-state index contributed by atoms with van der Waals surface area (Å²) in [5, 5.41) is 5.79. The van der Waals surface area contributed by atoms with Gasteiger partial charge in [-0.1, -0.05) is 26.0 Å². The van der Waals surface area contributed by atoms with E-state index in [9.17, 15) is 19.2 Å². The van der Waals surface area contributed by atoms with E-state index in [1.165, 1.54) is 4.57 Å². The first-order chi connectivity index (χ1) is 11.9. The Morgan fingerprint density at radius 3 is 2.52 bits per heavy atom. The number of hydrogen-bond donors (Lipinski definition) is 3. The fraction of sp³-hybridized carbons (Fsp3) is 0.412. The van der Waals surface area contributed by atoms with E-state index in [1.807, 2.05) is 0 Å². The third kappa shape index (κ3) is 4.79. The molecule has 0 bridgehead atoms. The normalized spacial score (nSPS) is 10.8. The van der Waals surface area contributed by atoms with Crippen molar-refractivity contribution in [2.45, 2.75) is 26.8 Å². The number of aromatic amines is 1. The minimum Gasteiger partial charge on any atom is -0.354 e. The molecule has 0 saturated carbocycles. The molecule has 8 heteroatoms. The van der Waals surface area contributed by atoms with Crippen LogP contribution in [-0.4, -0.2) is 34.5 Å². The van der Waals surface area contributed by atoms with Gasteiger partial charge in [0.15, 0.2) is 0 Å². The summed E-state index contributed by atoms with van der Waals surface area (Å²) in [6.45, 7) is 4.41. The van der Waals surface area contributed by atoms with Crippen molar-refractivity contribution in [3.63, 3.8) is 0 Å². The summed E-state index contributed by atoms with van der Waals surface area (Å²) < 4.78 is 1.37. The Bertz CT molecular complexity index is 882. The monoisotopic (exact) mass is 346 g/mol. The van der Waals surface area contributed by atoms with Crippen LogP contribution in [0, 0.1) is 5.92 Å². The lowest BCUT2D eigenvalue weighted by Gasteiger charge is -2.10. The predicted molar refractivity (Wildman–Crippen MR) is 94.3 cm³/mol. The SMILES string of the molecule is CC(C)C(=O)NCCNC(=O)CCn1c(=O)[nH]c(=O)c2ccccc21. The molecule has 0 radical (unpaired) electrons. The zero-order valence-corrected chi connectivity index (χ0v) is 14.3. The number of fused-ring (bicyclic) bond motifs is 1. The van der Waals surface area contributed by atoms with Gasteiger partial charge in [0.1, 0.15) is 0 Å². The van der Waals surface area contributed by atoms with Gasteiger partial charge in [-0.25, -0.2) is 4.79 Å². The zero-order valence-electron chi connectivity index (χ0n) is 14.3. The van der Waals surface area contributed by atoms with Gasteiger partial charge in [-0.05, 0) is 12.1 Å². The first-order valence-corrected chi connectivity index (χ1v) is 8.16. The Balaban J connectivity index is 1.92. The number of carbonyl (C=O) groups excluding carboxylic acids is 2. The third-order valence-electron chi connectivity index (χ3n) is 3.74. The fourth-order valence-corrected chi connectivity index (χ4v) is 2.36. The van der Waals surface area contributed by atoms with Crippen molar-refractivity contribution in [1.82, 2.24) is 20.2 Å². The number of nitrogens with zero attached hydrogens (tertiary/aromatic N) is 1. The molecule has 25 heavy (non-hydrogen) atoms. The highest BCUT2D eigenvalue weighted by atomic mass is 16.2. The summed E-state index contributed by atoms with van der Waals surface area (Å²) in [7, 11) is 0. The van der Waals surface area contributed by atoms with Gasteiger partial charge in [-0.3, -0.25) is 23.9 Å². The molecular formula is C17H22N4O4. The van der Waals surface area contributed by atoms with Crippen molar-refractivity contribution < 1.29 is 9.59 Å². The number of amides is 2. The van der Waals surface area contributed by atoms with Crippen LogP contribution in [0.1, 0.15) is 20.3 Å². The van der Waals surface area contributed by atoms with Gasteiger partial charge in [0.2, 0.25) is 11.8 Å². The zero-order chi connectivity index (χ0) is 18.4. The molecule has 2 aromatic rings. The molecule has 0 spiro atoms. The second-order valence-electron chi connectivity index (χ2n) is 5.97. The number of aromatic nitrogens is 2. The van der Waals surface area contributed by atoms with Gasteiger partial charge in [-0.15, -0.1) is 0 Å². The Labute approximate surface area is 144 Å². The van der Waals surface area contributed by atoms with Crippen LogP contribution >= 0.6 is 0 Å². The van der Waals surface area contributed by atoms with E-state index in [1.54, 1.807) is 38.1 Å². The van der Waals surface area contributed by atoms with Crippen LogP contribution in [0.3, 0.4) is 0 Å². The van der Waals surface area contributed by atoms with E-state index >= 15 is 0 Å². The third-order valence-corrected chi connectivity index (χ3v) is 3.74. The highest BCUT2D eigenvalue weighted by Crippen LogP contribution is 2.06. The van der Waals surface area contributed by atoms with E-state index in [2.05, 4.69) is 15.6 Å². The average Bonchev–Trinajstić information content (AvgIpc) is 2.58. The topological polar surface area (TPSA) is 113 Å². The van der Waals surface area contributed by atoms with Crippen molar-refractivity contribution in [3.8, 4) is 0 Å². The number of carbonyl (C=O) groups is 2. The Morgan fingerprint density at radius 1 is 1.12 bits per heavy atom. The first kappa shape index (κ1) is 18.4. The Kier molecular flexibility index (Phi) is 6.10. The van der Waals surface area contributed by atoms with Crippen LogP contribution in [0.4, 0.5) is 0 Å². The smallest absolute Gasteiger partial charge is 0.328 e. The fourth-order valence-electron chi connectivity index (χ4n) is 2.36. The number of nitrogens with one attached hydrogen (secondary N) is 3. The molecule has 134 valence electrons. The number of benzene rings is 1. The molecule has 1 aromatic heterocycles. The molecule has 1 aromatic carbocycles. The molecule has 0 aliphatic heterocycles. The van der Waals surface area contributed by atoms with Gasteiger partial charge in [0.25, 0.3) is 5.56 Å². The van der Waals surface area contributed by atoms with Crippen molar-refractivity contribution >= 4 is 22.7 Å². The quantitative estimate of drug-likeness (QED) is 0.611. The molecule has 0 aliphatic carbocycles. The highest BCUT2D eigenvalue weighted by Gasteiger charge is 2.09. The predicted octanol–water partition coefficient (Wildman–Crippen LogP) is -0.0317. The maximum atomic E-state index is 12.0. The second-order valence-corrected chi connectivity index (χ2v) is 5.97. The van der Waals surface area contributed by atoms with E-state index in [0.29, 0.717) is 24.0 Å². The summed E-state index contributed by atoms with van der Waals surface area (Å²) in [6.07, 6.45) is 0.0913. The number of para-hydroxylation sites is 1. The van der Waals surface area contributed by atoms with Gasteiger partial charge in [0, 0.05) is 32.0 Å². The van der Waals surface area contributed by atoms with Gasteiger partial charge in [0.05, 0.1) is 10.9 Å². The van der Waals surface area contributed by atoms with Crippen LogP contribution in [0.5, 0.6) is 0 Å². The number of H-pyrrole nitrogens is 1. The largest absolute Gasteiger partial charge is 0.354 e. The van der Waals surface area contributed by atoms with Crippen LogP contribution in [0.25, 0.3) is 10.9 Å². The molecule has 0 atom stereocenters. The lowest BCUT2D eigenvalue weighted by molar-refractivity contribution is -0.124. The summed E-state index contributed by atoms with van der Waals surface area (Å²) in [5.41, 5.74) is -0.490. The molecule has 2 amide bonds. The summed E-state index contributed by atoms with van der Waals surface area (Å²) in [5.74, 6) is -0.405. The highest BCUT2D eigenvalue weighted by molar-refractivity contribution is 5.79. The molecule has 0 aliphatic rings.